The third kappa shape index (κ3) is 5.84. The van der Waals surface area contributed by atoms with Crippen LogP contribution >= 0.6 is 0 Å². The Morgan fingerprint density at radius 1 is 1.53 bits per heavy atom. The van der Waals surface area contributed by atoms with Gasteiger partial charge in [0.15, 0.2) is 0 Å². The maximum atomic E-state index is 5.10. The normalized spacial score (nSPS) is 12.9. The van der Waals surface area contributed by atoms with E-state index in [1.165, 1.54) is 12.1 Å². The Morgan fingerprint density at radius 2 is 2.35 bits per heavy atom. The van der Waals surface area contributed by atoms with Crippen molar-refractivity contribution in [2.75, 3.05) is 20.3 Å². The van der Waals surface area contributed by atoms with Crippen molar-refractivity contribution in [1.29, 1.82) is 0 Å². The van der Waals surface area contributed by atoms with Gasteiger partial charge in [-0.3, -0.25) is 4.68 Å². The standard InChI is InChI=1S/C13H25N3O/c1-4-8-14-12(6-5-10-17-3)11-13-7-9-16(2)15-13/h7,9,12,14H,4-6,8,10-11H2,1-3H3. The minimum absolute atomic E-state index is 0.514. The first kappa shape index (κ1) is 14.2. The molecule has 17 heavy (non-hydrogen) atoms. The average Bonchev–Trinajstić information content (AvgIpc) is 2.72. The molecule has 1 unspecified atom stereocenters. The molecular formula is C13H25N3O. The molecule has 0 saturated heterocycles. The summed E-state index contributed by atoms with van der Waals surface area (Å²) in [5, 5.41) is 8.01. The number of nitrogens with zero attached hydrogens (tertiary/aromatic N) is 2. The van der Waals surface area contributed by atoms with E-state index in [-0.39, 0.29) is 0 Å². The zero-order valence-corrected chi connectivity index (χ0v) is 11.3. The highest BCUT2D eigenvalue weighted by Gasteiger charge is 2.10. The van der Waals surface area contributed by atoms with Gasteiger partial charge in [-0.15, -0.1) is 0 Å². The van der Waals surface area contributed by atoms with Crippen LogP contribution in [0.15, 0.2) is 12.3 Å². The molecule has 0 aliphatic rings. The van der Waals surface area contributed by atoms with E-state index >= 15 is 0 Å². The molecule has 1 aromatic rings. The highest BCUT2D eigenvalue weighted by Crippen LogP contribution is 2.06. The smallest absolute Gasteiger partial charge is 0.0639 e. The summed E-state index contributed by atoms with van der Waals surface area (Å²) in [6.45, 7) is 4.11. The van der Waals surface area contributed by atoms with Gasteiger partial charge in [0, 0.05) is 39.4 Å². The Balaban J connectivity index is 2.38. The summed E-state index contributed by atoms with van der Waals surface area (Å²) in [5.41, 5.74) is 1.17. The third-order valence-electron chi connectivity index (χ3n) is 2.81. The number of rotatable bonds is 9. The highest BCUT2D eigenvalue weighted by molar-refractivity contribution is 5.01. The van der Waals surface area contributed by atoms with Crippen LogP contribution in [0.2, 0.25) is 0 Å². The molecule has 4 nitrogen and oxygen atoms in total. The van der Waals surface area contributed by atoms with Gasteiger partial charge in [0.1, 0.15) is 0 Å². The Hall–Kier alpha value is -0.870. The average molecular weight is 239 g/mol. The van der Waals surface area contributed by atoms with Crippen LogP contribution in [0.3, 0.4) is 0 Å². The van der Waals surface area contributed by atoms with E-state index in [4.69, 9.17) is 4.74 Å². The van der Waals surface area contributed by atoms with Crippen LogP contribution in [0.5, 0.6) is 0 Å². The van der Waals surface area contributed by atoms with Crippen LogP contribution in [0.1, 0.15) is 31.9 Å². The lowest BCUT2D eigenvalue weighted by Crippen LogP contribution is -2.32. The fourth-order valence-electron chi connectivity index (χ4n) is 1.92. The summed E-state index contributed by atoms with van der Waals surface area (Å²) in [5.74, 6) is 0. The predicted molar refractivity (Wildman–Crippen MR) is 70.1 cm³/mol. The van der Waals surface area contributed by atoms with E-state index in [1.54, 1.807) is 7.11 Å². The van der Waals surface area contributed by atoms with Crippen LogP contribution in [-0.2, 0) is 18.2 Å². The quantitative estimate of drug-likeness (QED) is 0.667. The molecule has 0 amide bonds. The van der Waals surface area contributed by atoms with E-state index in [0.29, 0.717) is 6.04 Å². The molecule has 1 heterocycles. The van der Waals surface area contributed by atoms with Crippen molar-refractivity contribution in [3.63, 3.8) is 0 Å². The minimum Gasteiger partial charge on any atom is -0.385 e. The third-order valence-corrected chi connectivity index (χ3v) is 2.81. The molecule has 1 atom stereocenters. The number of aryl methyl sites for hydroxylation is 1. The van der Waals surface area contributed by atoms with E-state index in [1.807, 2.05) is 17.9 Å². The number of aromatic nitrogens is 2. The van der Waals surface area contributed by atoms with Gasteiger partial charge in [-0.05, 0) is 31.9 Å². The first-order chi connectivity index (χ1) is 8.26. The summed E-state index contributed by atoms with van der Waals surface area (Å²) in [4.78, 5) is 0. The minimum atomic E-state index is 0.514. The second-order valence-corrected chi connectivity index (χ2v) is 4.47. The van der Waals surface area contributed by atoms with Crippen LogP contribution in [0.4, 0.5) is 0 Å². The number of nitrogens with one attached hydrogen (secondary N) is 1. The summed E-state index contributed by atoms with van der Waals surface area (Å²) in [6, 6.07) is 2.61. The lowest BCUT2D eigenvalue weighted by molar-refractivity contribution is 0.188. The van der Waals surface area contributed by atoms with E-state index < -0.39 is 0 Å². The fourth-order valence-corrected chi connectivity index (χ4v) is 1.92. The van der Waals surface area contributed by atoms with Gasteiger partial charge >= 0.3 is 0 Å². The van der Waals surface area contributed by atoms with Crippen molar-refractivity contribution < 1.29 is 4.74 Å². The number of hydrogen-bond acceptors (Lipinski definition) is 3. The summed E-state index contributed by atoms with van der Waals surface area (Å²) in [6.07, 6.45) is 6.42. The summed E-state index contributed by atoms with van der Waals surface area (Å²) < 4.78 is 6.97. The molecule has 0 radical (unpaired) electrons. The van der Waals surface area contributed by atoms with Gasteiger partial charge in [-0.1, -0.05) is 6.92 Å². The Bertz CT molecular complexity index is 299. The topological polar surface area (TPSA) is 39.1 Å². The fraction of sp³-hybridized carbons (Fsp3) is 0.769. The molecular weight excluding hydrogens is 214 g/mol. The molecule has 0 aliphatic heterocycles. The summed E-state index contributed by atoms with van der Waals surface area (Å²) >= 11 is 0. The van der Waals surface area contributed by atoms with E-state index in [0.717, 1.165) is 32.4 Å². The van der Waals surface area contributed by atoms with Gasteiger partial charge in [0.2, 0.25) is 0 Å². The van der Waals surface area contributed by atoms with Crippen molar-refractivity contribution in [2.24, 2.45) is 7.05 Å². The second kappa shape index (κ2) is 8.25. The lowest BCUT2D eigenvalue weighted by Gasteiger charge is -2.17. The van der Waals surface area contributed by atoms with Crippen LogP contribution in [-0.4, -0.2) is 36.1 Å². The number of hydrogen-bond donors (Lipinski definition) is 1. The molecule has 1 N–H and O–H groups in total. The molecule has 1 rings (SSSR count). The Kier molecular flexibility index (Phi) is 6.89. The predicted octanol–water partition coefficient (Wildman–Crippen LogP) is 1.76. The van der Waals surface area contributed by atoms with Crippen molar-refractivity contribution in [2.45, 2.75) is 38.6 Å². The second-order valence-electron chi connectivity index (χ2n) is 4.47. The maximum absolute atomic E-state index is 5.10. The molecule has 0 aliphatic carbocycles. The molecule has 0 aromatic carbocycles. The van der Waals surface area contributed by atoms with Crippen molar-refractivity contribution in [3.8, 4) is 0 Å². The molecule has 0 fully saturated rings. The first-order valence-corrected chi connectivity index (χ1v) is 6.47. The first-order valence-electron chi connectivity index (χ1n) is 6.47. The van der Waals surface area contributed by atoms with Crippen molar-refractivity contribution >= 4 is 0 Å². The molecule has 1 aromatic heterocycles. The van der Waals surface area contributed by atoms with Gasteiger partial charge in [0.25, 0.3) is 0 Å². The van der Waals surface area contributed by atoms with Gasteiger partial charge in [-0.2, -0.15) is 5.10 Å². The SMILES string of the molecule is CCCNC(CCCOC)Cc1ccn(C)n1. The largest absolute Gasteiger partial charge is 0.385 e. The van der Waals surface area contributed by atoms with Crippen LogP contribution < -0.4 is 5.32 Å². The van der Waals surface area contributed by atoms with Crippen molar-refractivity contribution in [3.05, 3.63) is 18.0 Å². The monoisotopic (exact) mass is 239 g/mol. The van der Waals surface area contributed by atoms with Crippen LogP contribution in [0.25, 0.3) is 0 Å². The summed E-state index contributed by atoms with van der Waals surface area (Å²) in [7, 11) is 3.72. The molecule has 0 spiro atoms. The van der Waals surface area contributed by atoms with Crippen molar-refractivity contribution in [1.82, 2.24) is 15.1 Å². The Labute approximate surface area is 104 Å². The van der Waals surface area contributed by atoms with E-state index in [9.17, 15) is 0 Å². The number of methoxy groups -OCH3 is 1. The van der Waals surface area contributed by atoms with Gasteiger partial charge in [-0.25, -0.2) is 0 Å². The Morgan fingerprint density at radius 3 is 2.94 bits per heavy atom. The zero-order chi connectivity index (χ0) is 12.5. The number of ether oxygens (including phenoxy) is 1. The zero-order valence-electron chi connectivity index (χ0n) is 11.3. The molecule has 0 bridgehead atoms. The van der Waals surface area contributed by atoms with E-state index in [2.05, 4.69) is 23.4 Å². The molecule has 98 valence electrons. The van der Waals surface area contributed by atoms with Gasteiger partial charge < -0.3 is 10.1 Å². The van der Waals surface area contributed by atoms with Gasteiger partial charge in [0.05, 0.1) is 5.69 Å². The lowest BCUT2D eigenvalue weighted by atomic mass is 10.1. The maximum Gasteiger partial charge on any atom is 0.0639 e. The molecule has 0 saturated carbocycles. The highest BCUT2D eigenvalue weighted by atomic mass is 16.5. The van der Waals surface area contributed by atoms with Crippen LogP contribution in [0, 0.1) is 0 Å². The molecule has 4 heteroatoms.